The summed E-state index contributed by atoms with van der Waals surface area (Å²) in [6, 6.07) is 7.00. The standard InChI is InChI=1S/C9H12O2S/c1-12-7-6-11-9-5-3-2-4-8(9)10/h2-5,10H,6-7H2,1H3. The third-order valence-corrected chi connectivity index (χ3v) is 1.99. The summed E-state index contributed by atoms with van der Waals surface area (Å²) in [7, 11) is 0. The molecule has 66 valence electrons. The molecule has 1 rings (SSSR count). The van der Waals surface area contributed by atoms with Crippen molar-refractivity contribution in [3.05, 3.63) is 24.3 Å². The van der Waals surface area contributed by atoms with Crippen molar-refractivity contribution in [1.29, 1.82) is 0 Å². The minimum absolute atomic E-state index is 0.207. The average molecular weight is 184 g/mol. The van der Waals surface area contributed by atoms with Gasteiger partial charge in [0.15, 0.2) is 11.5 Å². The van der Waals surface area contributed by atoms with Gasteiger partial charge in [0, 0.05) is 5.75 Å². The SMILES string of the molecule is CSCCOc1ccccc1O. The van der Waals surface area contributed by atoms with E-state index in [2.05, 4.69) is 0 Å². The Hall–Kier alpha value is -0.830. The van der Waals surface area contributed by atoms with Crippen LogP contribution in [0.4, 0.5) is 0 Å². The van der Waals surface area contributed by atoms with Gasteiger partial charge in [-0.25, -0.2) is 0 Å². The zero-order valence-electron chi connectivity index (χ0n) is 6.99. The molecule has 0 amide bonds. The zero-order valence-corrected chi connectivity index (χ0v) is 7.80. The number of rotatable bonds is 4. The van der Waals surface area contributed by atoms with Crippen LogP contribution in [0, 0.1) is 0 Å². The Morgan fingerprint density at radius 2 is 2.17 bits per heavy atom. The first kappa shape index (κ1) is 9.26. The number of phenolic OH excluding ortho intramolecular Hbond substituents is 1. The minimum atomic E-state index is 0.207. The van der Waals surface area contributed by atoms with Crippen molar-refractivity contribution < 1.29 is 9.84 Å². The molecule has 1 aromatic rings. The topological polar surface area (TPSA) is 29.5 Å². The number of aromatic hydroxyl groups is 1. The minimum Gasteiger partial charge on any atom is -0.504 e. The van der Waals surface area contributed by atoms with Gasteiger partial charge in [-0.05, 0) is 18.4 Å². The maximum Gasteiger partial charge on any atom is 0.160 e. The highest BCUT2D eigenvalue weighted by Crippen LogP contribution is 2.24. The fraction of sp³-hybridized carbons (Fsp3) is 0.333. The molecule has 0 aromatic heterocycles. The van der Waals surface area contributed by atoms with Crippen LogP contribution in [0.1, 0.15) is 0 Å². The summed E-state index contributed by atoms with van der Waals surface area (Å²) in [6.07, 6.45) is 2.02. The van der Waals surface area contributed by atoms with Crippen LogP contribution in [0.2, 0.25) is 0 Å². The Labute approximate surface area is 76.6 Å². The van der Waals surface area contributed by atoms with E-state index in [-0.39, 0.29) is 5.75 Å². The van der Waals surface area contributed by atoms with Gasteiger partial charge in [0.05, 0.1) is 6.61 Å². The van der Waals surface area contributed by atoms with Crippen LogP contribution in [0.3, 0.4) is 0 Å². The van der Waals surface area contributed by atoms with E-state index in [9.17, 15) is 5.11 Å². The second-order valence-corrected chi connectivity index (χ2v) is 3.29. The summed E-state index contributed by atoms with van der Waals surface area (Å²) in [5.41, 5.74) is 0. The Balaban J connectivity index is 2.46. The molecule has 0 aliphatic carbocycles. The van der Waals surface area contributed by atoms with Gasteiger partial charge in [0.25, 0.3) is 0 Å². The Morgan fingerprint density at radius 3 is 2.83 bits per heavy atom. The molecule has 0 unspecified atom stereocenters. The lowest BCUT2D eigenvalue weighted by Gasteiger charge is -2.05. The highest BCUT2D eigenvalue weighted by molar-refractivity contribution is 7.98. The summed E-state index contributed by atoms with van der Waals surface area (Å²) in [4.78, 5) is 0. The Morgan fingerprint density at radius 1 is 1.42 bits per heavy atom. The summed E-state index contributed by atoms with van der Waals surface area (Å²) in [6.45, 7) is 0.638. The zero-order chi connectivity index (χ0) is 8.81. The van der Waals surface area contributed by atoms with Crippen molar-refractivity contribution in [3.8, 4) is 11.5 Å². The van der Waals surface area contributed by atoms with E-state index in [1.807, 2.05) is 12.3 Å². The van der Waals surface area contributed by atoms with E-state index < -0.39 is 0 Å². The summed E-state index contributed by atoms with van der Waals surface area (Å²) < 4.78 is 5.31. The fourth-order valence-electron chi connectivity index (χ4n) is 0.814. The molecule has 0 heterocycles. The molecule has 0 bridgehead atoms. The predicted molar refractivity (Wildman–Crippen MR) is 52.0 cm³/mol. The number of ether oxygens (including phenoxy) is 1. The van der Waals surface area contributed by atoms with E-state index in [4.69, 9.17) is 4.74 Å². The van der Waals surface area contributed by atoms with Crippen molar-refractivity contribution in [3.63, 3.8) is 0 Å². The number of para-hydroxylation sites is 2. The molecule has 0 fully saturated rings. The molecule has 3 heteroatoms. The van der Waals surface area contributed by atoms with Gasteiger partial charge in [-0.15, -0.1) is 0 Å². The lowest BCUT2D eigenvalue weighted by atomic mass is 10.3. The average Bonchev–Trinajstić information content (AvgIpc) is 2.09. The van der Waals surface area contributed by atoms with Crippen molar-refractivity contribution >= 4 is 11.8 Å². The van der Waals surface area contributed by atoms with E-state index in [0.29, 0.717) is 12.4 Å². The highest BCUT2D eigenvalue weighted by Gasteiger charge is 1.98. The molecular formula is C9H12O2S. The van der Waals surface area contributed by atoms with Crippen LogP contribution >= 0.6 is 11.8 Å². The second kappa shape index (κ2) is 4.93. The molecule has 0 aliphatic rings. The number of hydrogen-bond acceptors (Lipinski definition) is 3. The second-order valence-electron chi connectivity index (χ2n) is 2.31. The largest absolute Gasteiger partial charge is 0.504 e. The number of benzene rings is 1. The van der Waals surface area contributed by atoms with Gasteiger partial charge in [-0.2, -0.15) is 11.8 Å². The van der Waals surface area contributed by atoms with Crippen LogP contribution in [0.5, 0.6) is 11.5 Å². The van der Waals surface area contributed by atoms with Crippen molar-refractivity contribution in [1.82, 2.24) is 0 Å². The van der Waals surface area contributed by atoms with Gasteiger partial charge in [-0.3, -0.25) is 0 Å². The molecular weight excluding hydrogens is 172 g/mol. The van der Waals surface area contributed by atoms with E-state index in [0.717, 1.165) is 5.75 Å². The predicted octanol–water partition coefficient (Wildman–Crippen LogP) is 2.13. The highest BCUT2D eigenvalue weighted by atomic mass is 32.2. The molecule has 0 saturated heterocycles. The lowest BCUT2D eigenvalue weighted by molar-refractivity contribution is 0.321. The first-order valence-electron chi connectivity index (χ1n) is 3.74. The molecule has 0 atom stereocenters. The monoisotopic (exact) mass is 184 g/mol. The van der Waals surface area contributed by atoms with Crippen LogP contribution in [-0.4, -0.2) is 23.7 Å². The summed E-state index contributed by atoms with van der Waals surface area (Å²) in [5.74, 6) is 1.71. The van der Waals surface area contributed by atoms with Gasteiger partial charge in [0.1, 0.15) is 0 Å². The molecule has 2 nitrogen and oxygen atoms in total. The van der Waals surface area contributed by atoms with Crippen molar-refractivity contribution in [2.75, 3.05) is 18.6 Å². The van der Waals surface area contributed by atoms with E-state index in [1.54, 1.807) is 30.0 Å². The van der Waals surface area contributed by atoms with Crippen LogP contribution in [0.15, 0.2) is 24.3 Å². The van der Waals surface area contributed by atoms with Gasteiger partial charge < -0.3 is 9.84 Å². The molecule has 0 radical (unpaired) electrons. The quantitative estimate of drug-likeness (QED) is 0.727. The number of phenols is 1. The van der Waals surface area contributed by atoms with Crippen LogP contribution < -0.4 is 4.74 Å². The smallest absolute Gasteiger partial charge is 0.160 e. The maximum atomic E-state index is 9.28. The molecule has 0 spiro atoms. The molecule has 1 N–H and O–H groups in total. The van der Waals surface area contributed by atoms with E-state index in [1.165, 1.54) is 0 Å². The molecule has 12 heavy (non-hydrogen) atoms. The Kier molecular flexibility index (Phi) is 3.80. The normalized spacial score (nSPS) is 9.75. The summed E-state index contributed by atoms with van der Waals surface area (Å²) >= 11 is 1.72. The fourth-order valence-corrected chi connectivity index (χ4v) is 1.06. The first-order chi connectivity index (χ1) is 5.84. The first-order valence-corrected chi connectivity index (χ1v) is 5.13. The van der Waals surface area contributed by atoms with Crippen molar-refractivity contribution in [2.24, 2.45) is 0 Å². The molecule has 0 saturated carbocycles. The number of thioether (sulfide) groups is 1. The summed E-state index contributed by atoms with van der Waals surface area (Å²) in [5, 5.41) is 9.28. The molecule has 0 aliphatic heterocycles. The van der Waals surface area contributed by atoms with Gasteiger partial charge in [-0.1, -0.05) is 12.1 Å². The number of hydrogen-bond donors (Lipinski definition) is 1. The Bertz CT molecular complexity index is 238. The van der Waals surface area contributed by atoms with Gasteiger partial charge in [0.2, 0.25) is 0 Å². The lowest BCUT2D eigenvalue weighted by Crippen LogP contribution is -1.99. The van der Waals surface area contributed by atoms with Crippen LogP contribution in [0.25, 0.3) is 0 Å². The third-order valence-electron chi connectivity index (χ3n) is 1.41. The van der Waals surface area contributed by atoms with Gasteiger partial charge >= 0.3 is 0 Å². The van der Waals surface area contributed by atoms with Crippen LogP contribution in [-0.2, 0) is 0 Å². The van der Waals surface area contributed by atoms with E-state index >= 15 is 0 Å². The maximum absolute atomic E-state index is 9.28. The third kappa shape index (κ3) is 2.66. The molecule has 1 aromatic carbocycles. The van der Waals surface area contributed by atoms with Crippen molar-refractivity contribution in [2.45, 2.75) is 0 Å².